The van der Waals surface area contributed by atoms with Crippen LogP contribution in [0.3, 0.4) is 0 Å². The first-order valence-corrected chi connectivity index (χ1v) is 4.66. The van der Waals surface area contributed by atoms with Gasteiger partial charge in [0, 0.05) is 18.7 Å². The second-order valence-corrected chi connectivity index (χ2v) is 3.79. The van der Waals surface area contributed by atoms with Gasteiger partial charge in [0.25, 0.3) is 0 Å². The van der Waals surface area contributed by atoms with Crippen LogP contribution in [0.4, 0.5) is 0 Å². The van der Waals surface area contributed by atoms with Gasteiger partial charge in [0.05, 0.1) is 0 Å². The summed E-state index contributed by atoms with van der Waals surface area (Å²) in [5.41, 5.74) is 0. The molecule has 0 amide bonds. The van der Waals surface area contributed by atoms with Gasteiger partial charge in [-0.2, -0.15) is 0 Å². The lowest BCUT2D eigenvalue weighted by molar-refractivity contribution is 0.664. The van der Waals surface area contributed by atoms with Gasteiger partial charge in [-0.05, 0) is 0 Å². The van der Waals surface area contributed by atoms with E-state index in [1.807, 2.05) is 11.8 Å². The average molecular weight is 174 g/mol. The lowest BCUT2D eigenvalue weighted by atomic mass is 10.4. The Morgan fingerprint density at radius 1 is 1.90 bits per heavy atom. The minimum absolute atomic E-state index is 0.648. The SMILES string of the molecule is CCC(=N)N1CCSC1=S. The van der Waals surface area contributed by atoms with Gasteiger partial charge in [0.15, 0.2) is 0 Å². The Balaban J connectivity index is 2.55. The zero-order valence-electron chi connectivity index (χ0n) is 5.89. The van der Waals surface area contributed by atoms with Crippen LogP contribution < -0.4 is 0 Å². The van der Waals surface area contributed by atoms with Gasteiger partial charge in [-0.1, -0.05) is 30.9 Å². The van der Waals surface area contributed by atoms with Crippen LogP contribution in [-0.2, 0) is 0 Å². The Morgan fingerprint density at radius 3 is 3.00 bits per heavy atom. The Hall–Kier alpha value is -0.0900. The van der Waals surface area contributed by atoms with Crippen LogP contribution in [0.1, 0.15) is 13.3 Å². The summed E-state index contributed by atoms with van der Waals surface area (Å²) in [7, 11) is 0. The molecule has 1 rings (SSSR count). The molecule has 0 bridgehead atoms. The number of nitrogens with zero attached hydrogens (tertiary/aromatic N) is 1. The predicted octanol–water partition coefficient (Wildman–Crippen LogP) is 1.71. The maximum Gasteiger partial charge on any atom is 0.141 e. The molecule has 0 aliphatic carbocycles. The summed E-state index contributed by atoms with van der Waals surface area (Å²) in [6.07, 6.45) is 0.778. The van der Waals surface area contributed by atoms with E-state index >= 15 is 0 Å². The molecule has 0 saturated carbocycles. The summed E-state index contributed by atoms with van der Waals surface area (Å²) in [6, 6.07) is 0. The quantitative estimate of drug-likeness (QED) is 0.372. The van der Waals surface area contributed by atoms with Crippen LogP contribution in [0, 0.1) is 5.41 Å². The van der Waals surface area contributed by atoms with Crippen molar-refractivity contribution < 1.29 is 0 Å². The van der Waals surface area contributed by atoms with Crippen molar-refractivity contribution in [2.75, 3.05) is 12.3 Å². The molecule has 1 aliphatic rings. The van der Waals surface area contributed by atoms with E-state index in [-0.39, 0.29) is 0 Å². The number of thioether (sulfide) groups is 1. The van der Waals surface area contributed by atoms with Crippen molar-refractivity contribution in [1.82, 2.24) is 4.90 Å². The molecule has 4 heteroatoms. The van der Waals surface area contributed by atoms with E-state index in [9.17, 15) is 0 Å². The fourth-order valence-corrected chi connectivity index (χ4v) is 2.09. The summed E-state index contributed by atoms with van der Waals surface area (Å²) in [4.78, 5) is 1.90. The van der Waals surface area contributed by atoms with E-state index in [2.05, 4.69) is 0 Å². The molecule has 0 aromatic rings. The van der Waals surface area contributed by atoms with E-state index in [1.165, 1.54) is 0 Å². The maximum atomic E-state index is 7.49. The first-order valence-electron chi connectivity index (χ1n) is 3.27. The molecule has 10 heavy (non-hydrogen) atoms. The summed E-state index contributed by atoms with van der Waals surface area (Å²) < 4.78 is 0.867. The molecule has 1 saturated heterocycles. The summed E-state index contributed by atoms with van der Waals surface area (Å²) in [5, 5.41) is 7.49. The summed E-state index contributed by atoms with van der Waals surface area (Å²) in [5.74, 6) is 1.69. The number of hydrogen-bond acceptors (Lipinski definition) is 3. The third-order valence-corrected chi connectivity index (χ3v) is 2.85. The summed E-state index contributed by atoms with van der Waals surface area (Å²) >= 11 is 6.70. The van der Waals surface area contributed by atoms with Crippen LogP contribution in [0.25, 0.3) is 0 Å². The predicted molar refractivity (Wildman–Crippen MR) is 49.8 cm³/mol. The Morgan fingerprint density at radius 2 is 2.60 bits per heavy atom. The molecule has 2 nitrogen and oxygen atoms in total. The molecule has 0 aromatic heterocycles. The molecular weight excluding hydrogens is 164 g/mol. The Kier molecular flexibility index (Phi) is 2.68. The van der Waals surface area contributed by atoms with Crippen LogP contribution in [0.2, 0.25) is 0 Å². The highest BCUT2D eigenvalue weighted by atomic mass is 32.2. The first-order chi connectivity index (χ1) is 4.75. The molecule has 1 heterocycles. The van der Waals surface area contributed by atoms with Crippen LogP contribution in [0.5, 0.6) is 0 Å². The standard InChI is InChI=1S/C6H10N2S2/c1-2-5(7)8-3-4-10-6(8)9/h7H,2-4H2,1H3. The molecule has 0 atom stereocenters. The van der Waals surface area contributed by atoms with Gasteiger partial charge in [0.1, 0.15) is 10.2 Å². The molecule has 0 spiro atoms. The third-order valence-electron chi connectivity index (χ3n) is 1.42. The van der Waals surface area contributed by atoms with Crippen LogP contribution in [0.15, 0.2) is 0 Å². The van der Waals surface area contributed by atoms with Crippen molar-refractivity contribution in [3.8, 4) is 0 Å². The molecular formula is C6H10N2S2. The van der Waals surface area contributed by atoms with Gasteiger partial charge >= 0.3 is 0 Å². The highest BCUT2D eigenvalue weighted by Crippen LogP contribution is 2.18. The number of thiocarbonyl (C=S) groups is 1. The van der Waals surface area contributed by atoms with E-state index in [1.54, 1.807) is 11.8 Å². The molecule has 0 radical (unpaired) electrons. The van der Waals surface area contributed by atoms with Crippen LogP contribution >= 0.6 is 24.0 Å². The fraction of sp³-hybridized carbons (Fsp3) is 0.667. The molecule has 56 valence electrons. The van der Waals surface area contributed by atoms with Gasteiger partial charge in [0.2, 0.25) is 0 Å². The van der Waals surface area contributed by atoms with Gasteiger partial charge in [-0.15, -0.1) is 0 Å². The normalized spacial score (nSPS) is 18.1. The smallest absolute Gasteiger partial charge is 0.141 e. The van der Waals surface area contributed by atoms with Crippen molar-refractivity contribution >= 4 is 34.1 Å². The van der Waals surface area contributed by atoms with Gasteiger partial charge in [-0.3, -0.25) is 5.41 Å². The highest BCUT2D eigenvalue weighted by molar-refractivity contribution is 8.23. The van der Waals surface area contributed by atoms with E-state index in [0.717, 1.165) is 23.0 Å². The summed E-state index contributed by atoms with van der Waals surface area (Å²) in [6.45, 7) is 2.91. The van der Waals surface area contributed by atoms with Crippen molar-refractivity contribution in [3.05, 3.63) is 0 Å². The maximum absolute atomic E-state index is 7.49. The third kappa shape index (κ3) is 1.49. The number of hydrogen-bond donors (Lipinski definition) is 1. The lowest BCUT2D eigenvalue weighted by Gasteiger charge is -2.15. The topological polar surface area (TPSA) is 27.1 Å². The minimum atomic E-state index is 0.648. The first kappa shape index (κ1) is 8.01. The molecule has 1 N–H and O–H groups in total. The molecule has 1 fully saturated rings. The van der Waals surface area contributed by atoms with Crippen molar-refractivity contribution in [3.63, 3.8) is 0 Å². The fourth-order valence-electron chi connectivity index (χ4n) is 0.829. The molecule has 0 aromatic carbocycles. The number of rotatable bonds is 1. The second-order valence-electron chi connectivity index (χ2n) is 2.07. The Labute approximate surface area is 70.5 Å². The molecule has 1 aliphatic heterocycles. The highest BCUT2D eigenvalue weighted by Gasteiger charge is 2.19. The van der Waals surface area contributed by atoms with Crippen molar-refractivity contribution in [1.29, 1.82) is 5.41 Å². The van der Waals surface area contributed by atoms with Crippen LogP contribution in [-0.4, -0.2) is 27.4 Å². The largest absolute Gasteiger partial charge is 0.315 e. The van der Waals surface area contributed by atoms with E-state index in [4.69, 9.17) is 17.6 Å². The zero-order chi connectivity index (χ0) is 7.56. The zero-order valence-corrected chi connectivity index (χ0v) is 7.52. The number of nitrogens with one attached hydrogen (secondary N) is 1. The van der Waals surface area contributed by atoms with Crippen molar-refractivity contribution in [2.45, 2.75) is 13.3 Å². The monoisotopic (exact) mass is 174 g/mol. The van der Waals surface area contributed by atoms with E-state index in [0.29, 0.717) is 5.84 Å². The van der Waals surface area contributed by atoms with Gasteiger partial charge in [-0.25, -0.2) is 0 Å². The lowest BCUT2D eigenvalue weighted by Crippen LogP contribution is -2.29. The van der Waals surface area contributed by atoms with Crippen molar-refractivity contribution in [2.24, 2.45) is 0 Å². The Bertz CT molecular complexity index is 167. The van der Waals surface area contributed by atoms with Gasteiger partial charge < -0.3 is 4.90 Å². The number of amidine groups is 1. The average Bonchev–Trinajstić information content (AvgIpc) is 2.34. The van der Waals surface area contributed by atoms with E-state index < -0.39 is 0 Å². The minimum Gasteiger partial charge on any atom is -0.315 e. The second kappa shape index (κ2) is 3.34. The molecule has 0 unspecified atom stereocenters.